The summed E-state index contributed by atoms with van der Waals surface area (Å²) in [5.41, 5.74) is 11.0. The minimum Gasteiger partial charge on any atom is -0.456 e. The molecule has 0 unspecified atom stereocenters. The fourth-order valence-corrected chi connectivity index (χ4v) is 5.72. The van der Waals surface area contributed by atoms with E-state index in [0.717, 1.165) is 72.3 Å². The van der Waals surface area contributed by atoms with E-state index in [2.05, 4.69) is 109 Å². The van der Waals surface area contributed by atoms with Gasteiger partial charge in [-0.15, -0.1) is 0 Å². The van der Waals surface area contributed by atoms with Gasteiger partial charge in [0.1, 0.15) is 11.2 Å². The summed E-state index contributed by atoms with van der Waals surface area (Å²) in [5, 5.41) is 2.21. The van der Waals surface area contributed by atoms with Gasteiger partial charge in [-0.2, -0.15) is 0 Å². The average molecular weight is 551 g/mol. The molecular weight excluding hydrogens is 524 g/mol. The molecule has 0 aliphatic heterocycles. The van der Waals surface area contributed by atoms with Crippen LogP contribution in [0.4, 0.5) is 0 Å². The number of hydrogen-bond acceptors (Lipinski definition) is 3. The zero-order valence-electron chi connectivity index (χ0n) is 23.3. The molecule has 0 bridgehead atoms. The zero-order valence-corrected chi connectivity index (χ0v) is 23.3. The molecule has 43 heavy (non-hydrogen) atoms. The smallest absolute Gasteiger partial charge is 0.160 e. The highest BCUT2D eigenvalue weighted by molar-refractivity contribution is 6.05. The molecule has 3 nitrogen and oxygen atoms in total. The first-order valence-electron chi connectivity index (χ1n) is 14.4. The van der Waals surface area contributed by atoms with Crippen LogP contribution in [0.25, 0.3) is 78.1 Å². The standard InChI is InChI=1S/C40H26N2O/c1-4-12-27(13-5-1)31-22-32(28-14-6-2-7-15-28)24-33(23-31)40-41-36(29-16-8-3-9-17-29)26-37(42-40)30-20-21-35-34-18-10-11-19-38(34)43-39(35)25-30/h1-26H. The first-order valence-corrected chi connectivity index (χ1v) is 14.4. The van der Waals surface area contributed by atoms with E-state index in [0.29, 0.717) is 5.82 Å². The quantitative estimate of drug-likeness (QED) is 0.214. The van der Waals surface area contributed by atoms with Crippen LogP contribution < -0.4 is 0 Å². The van der Waals surface area contributed by atoms with Crippen molar-refractivity contribution in [3.05, 3.63) is 158 Å². The predicted octanol–water partition coefficient (Wildman–Crippen LogP) is 10.7. The predicted molar refractivity (Wildman–Crippen MR) is 176 cm³/mol. The van der Waals surface area contributed by atoms with E-state index in [4.69, 9.17) is 14.4 Å². The van der Waals surface area contributed by atoms with E-state index < -0.39 is 0 Å². The molecule has 0 atom stereocenters. The Bertz CT molecular complexity index is 2160. The molecule has 2 heterocycles. The Balaban J connectivity index is 1.34. The average Bonchev–Trinajstić information content (AvgIpc) is 3.47. The van der Waals surface area contributed by atoms with Crippen molar-refractivity contribution in [2.24, 2.45) is 0 Å². The normalized spacial score (nSPS) is 11.3. The van der Waals surface area contributed by atoms with Gasteiger partial charge < -0.3 is 4.42 Å². The van der Waals surface area contributed by atoms with Gasteiger partial charge in [0.15, 0.2) is 5.82 Å². The topological polar surface area (TPSA) is 38.9 Å². The summed E-state index contributed by atoms with van der Waals surface area (Å²) >= 11 is 0. The Morgan fingerprint density at radius 3 is 1.49 bits per heavy atom. The highest BCUT2D eigenvalue weighted by Crippen LogP contribution is 2.36. The minimum absolute atomic E-state index is 0.677. The number of furan rings is 1. The molecule has 0 saturated heterocycles. The summed E-state index contributed by atoms with van der Waals surface area (Å²) in [6.45, 7) is 0. The summed E-state index contributed by atoms with van der Waals surface area (Å²) in [6, 6.07) is 54.4. The van der Waals surface area contributed by atoms with Gasteiger partial charge in [0, 0.05) is 27.5 Å². The van der Waals surface area contributed by atoms with Crippen LogP contribution in [0.5, 0.6) is 0 Å². The first-order chi connectivity index (χ1) is 21.3. The molecule has 0 spiro atoms. The van der Waals surface area contributed by atoms with Crippen LogP contribution in [-0.2, 0) is 0 Å². The second-order valence-electron chi connectivity index (χ2n) is 10.7. The monoisotopic (exact) mass is 550 g/mol. The number of nitrogens with zero attached hydrogens (tertiary/aromatic N) is 2. The van der Waals surface area contributed by atoms with Crippen molar-refractivity contribution in [2.45, 2.75) is 0 Å². The van der Waals surface area contributed by atoms with Crippen molar-refractivity contribution in [3.8, 4) is 56.2 Å². The Labute approximate surface area is 249 Å². The van der Waals surface area contributed by atoms with E-state index in [-0.39, 0.29) is 0 Å². The molecule has 0 amide bonds. The zero-order chi connectivity index (χ0) is 28.6. The summed E-state index contributed by atoms with van der Waals surface area (Å²) < 4.78 is 6.23. The van der Waals surface area contributed by atoms with Crippen LogP contribution in [0.3, 0.4) is 0 Å². The third-order valence-electron chi connectivity index (χ3n) is 7.88. The van der Waals surface area contributed by atoms with Crippen molar-refractivity contribution in [1.29, 1.82) is 0 Å². The van der Waals surface area contributed by atoms with Crippen LogP contribution >= 0.6 is 0 Å². The molecule has 0 saturated carbocycles. The molecule has 0 radical (unpaired) electrons. The summed E-state index contributed by atoms with van der Waals surface area (Å²) in [5.74, 6) is 0.677. The van der Waals surface area contributed by atoms with Gasteiger partial charge in [0.2, 0.25) is 0 Å². The van der Waals surface area contributed by atoms with Crippen LogP contribution in [0.2, 0.25) is 0 Å². The second-order valence-corrected chi connectivity index (χ2v) is 10.7. The Morgan fingerprint density at radius 1 is 0.326 bits per heavy atom. The lowest BCUT2D eigenvalue weighted by molar-refractivity contribution is 0.669. The highest BCUT2D eigenvalue weighted by Gasteiger charge is 2.15. The fourth-order valence-electron chi connectivity index (χ4n) is 5.72. The molecule has 0 N–H and O–H groups in total. The molecule has 8 aromatic rings. The molecule has 0 aliphatic carbocycles. The van der Waals surface area contributed by atoms with Gasteiger partial charge in [-0.05, 0) is 64.7 Å². The Hall–Kier alpha value is -5.80. The largest absolute Gasteiger partial charge is 0.456 e. The van der Waals surface area contributed by atoms with Crippen molar-refractivity contribution >= 4 is 21.9 Å². The maximum atomic E-state index is 6.23. The molecule has 6 aromatic carbocycles. The van der Waals surface area contributed by atoms with Gasteiger partial charge in [-0.25, -0.2) is 9.97 Å². The van der Waals surface area contributed by atoms with Crippen molar-refractivity contribution in [3.63, 3.8) is 0 Å². The minimum atomic E-state index is 0.677. The molecule has 3 heteroatoms. The van der Waals surface area contributed by atoms with Gasteiger partial charge in [0.05, 0.1) is 11.4 Å². The lowest BCUT2D eigenvalue weighted by Gasteiger charge is -2.13. The van der Waals surface area contributed by atoms with Gasteiger partial charge in [0.25, 0.3) is 0 Å². The first kappa shape index (κ1) is 25.0. The van der Waals surface area contributed by atoms with Crippen molar-refractivity contribution in [1.82, 2.24) is 9.97 Å². The van der Waals surface area contributed by atoms with E-state index in [1.165, 1.54) is 0 Å². The van der Waals surface area contributed by atoms with Crippen LogP contribution in [0, 0.1) is 0 Å². The molecule has 0 fully saturated rings. The number of rotatable bonds is 5. The lowest BCUT2D eigenvalue weighted by atomic mass is 9.95. The lowest BCUT2D eigenvalue weighted by Crippen LogP contribution is -1.97. The van der Waals surface area contributed by atoms with Crippen molar-refractivity contribution < 1.29 is 4.42 Å². The maximum Gasteiger partial charge on any atom is 0.160 e. The maximum absolute atomic E-state index is 6.23. The van der Waals surface area contributed by atoms with E-state index in [1.54, 1.807) is 0 Å². The summed E-state index contributed by atoms with van der Waals surface area (Å²) in [4.78, 5) is 10.3. The summed E-state index contributed by atoms with van der Waals surface area (Å²) in [7, 11) is 0. The van der Waals surface area contributed by atoms with Crippen LogP contribution in [0.1, 0.15) is 0 Å². The number of fused-ring (bicyclic) bond motifs is 3. The molecule has 2 aromatic heterocycles. The molecule has 8 rings (SSSR count). The second kappa shape index (κ2) is 10.6. The van der Waals surface area contributed by atoms with E-state index >= 15 is 0 Å². The van der Waals surface area contributed by atoms with Crippen molar-refractivity contribution in [2.75, 3.05) is 0 Å². The van der Waals surface area contributed by atoms with Gasteiger partial charge >= 0.3 is 0 Å². The third-order valence-corrected chi connectivity index (χ3v) is 7.88. The summed E-state index contributed by atoms with van der Waals surface area (Å²) in [6.07, 6.45) is 0. The molecule has 0 aliphatic rings. The van der Waals surface area contributed by atoms with E-state index in [9.17, 15) is 0 Å². The van der Waals surface area contributed by atoms with Gasteiger partial charge in [-0.3, -0.25) is 0 Å². The highest BCUT2D eigenvalue weighted by atomic mass is 16.3. The number of para-hydroxylation sites is 1. The SMILES string of the molecule is c1ccc(-c2cc(-c3ccccc3)cc(-c3nc(-c4ccccc4)cc(-c4ccc5c(c4)oc4ccccc45)n3)c2)cc1. The Morgan fingerprint density at radius 2 is 0.837 bits per heavy atom. The fraction of sp³-hybridized carbons (Fsp3) is 0. The molecule has 202 valence electrons. The number of hydrogen-bond donors (Lipinski definition) is 0. The number of aromatic nitrogens is 2. The van der Waals surface area contributed by atoms with E-state index in [1.807, 2.05) is 48.5 Å². The third kappa shape index (κ3) is 4.77. The van der Waals surface area contributed by atoms with Crippen LogP contribution in [-0.4, -0.2) is 9.97 Å². The number of benzene rings is 6. The molecular formula is C40H26N2O. The Kier molecular flexibility index (Phi) is 6.12. The van der Waals surface area contributed by atoms with Gasteiger partial charge in [-0.1, -0.05) is 115 Å². The van der Waals surface area contributed by atoms with Crippen LogP contribution in [0.15, 0.2) is 162 Å².